The van der Waals surface area contributed by atoms with E-state index in [4.69, 9.17) is 4.74 Å². The zero-order chi connectivity index (χ0) is 17.9. The summed E-state index contributed by atoms with van der Waals surface area (Å²) in [6.07, 6.45) is 2.22. The van der Waals surface area contributed by atoms with Crippen molar-refractivity contribution < 1.29 is 9.13 Å². The van der Waals surface area contributed by atoms with Crippen LogP contribution in [0.1, 0.15) is 25.3 Å². The van der Waals surface area contributed by atoms with Crippen LogP contribution in [0, 0.1) is 18.2 Å². The van der Waals surface area contributed by atoms with E-state index in [1.54, 1.807) is 19.2 Å². The highest BCUT2D eigenvalue weighted by Gasteiger charge is 2.33. The molecule has 2 N–H and O–H groups in total. The maximum absolute atomic E-state index is 13.4. The molecule has 6 heteroatoms. The molecule has 1 aromatic carbocycles. The molecular formula is C19H29FN4O. The average molecular weight is 348 g/mol. The molecule has 3 rings (SSSR count). The van der Waals surface area contributed by atoms with E-state index in [0.717, 1.165) is 62.9 Å². The zero-order valence-electron chi connectivity index (χ0n) is 15.4. The lowest BCUT2D eigenvalue weighted by molar-refractivity contribution is -0.0971. The Morgan fingerprint density at radius 3 is 2.88 bits per heavy atom. The Kier molecular flexibility index (Phi) is 5.47. The van der Waals surface area contributed by atoms with Gasteiger partial charge in [0.15, 0.2) is 5.96 Å². The van der Waals surface area contributed by atoms with E-state index >= 15 is 0 Å². The van der Waals surface area contributed by atoms with Crippen LogP contribution in [0.25, 0.3) is 0 Å². The quantitative estimate of drug-likeness (QED) is 0.648. The number of ether oxygens (including phenoxy) is 1. The summed E-state index contributed by atoms with van der Waals surface area (Å²) in [5.74, 6) is 0.668. The van der Waals surface area contributed by atoms with Crippen molar-refractivity contribution in [2.24, 2.45) is 10.4 Å². The molecule has 0 spiro atoms. The summed E-state index contributed by atoms with van der Waals surface area (Å²) in [5, 5.41) is 6.96. The third kappa shape index (κ3) is 4.42. The van der Waals surface area contributed by atoms with Crippen LogP contribution < -0.4 is 15.5 Å². The average Bonchev–Trinajstić information content (AvgIpc) is 2.57. The molecule has 2 heterocycles. The lowest BCUT2D eigenvalue weighted by Gasteiger charge is -2.39. The van der Waals surface area contributed by atoms with Crippen LogP contribution in [0.5, 0.6) is 0 Å². The molecule has 2 fully saturated rings. The highest BCUT2D eigenvalue weighted by Crippen LogP contribution is 2.26. The van der Waals surface area contributed by atoms with Crippen LogP contribution >= 0.6 is 0 Å². The maximum atomic E-state index is 13.4. The van der Waals surface area contributed by atoms with E-state index in [-0.39, 0.29) is 11.2 Å². The van der Waals surface area contributed by atoms with Gasteiger partial charge in [-0.1, -0.05) is 6.92 Å². The van der Waals surface area contributed by atoms with E-state index in [2.05, 4.69) is 27.4 Å². The lowest BCUT2D eigenvalue weighted by atomic mass is 9.89. The Hall–Kier alpha value is -1.82. The second-order valence-corrected chi connectivity index (χ2v) is 7.59. The monoisotopic (exact) mass is 348 g/mol. The van der Waals surface area contributed by atoms with Gasteiger partial charge in [0.05, 0.1) is 13.2 Å². The molecule has 0 aromatic heterocycles. The van der Waals surface area contributed by atoms with Crippen molar-refractivity contribution in [1.82, 2.24) is 10.6 Å². The summed E-state index contributed by atoms with van der Waals surface area (Å²) in [7, 11) is 1.81. The Morgan fingerprint density at radius 1 is 1.44 bits per heavy atom. The van der Waals surface area contributed by atoms with Crippen LogP contribution in [-0.4, -0.2) is 51.9 Å². The lowest BCUT2D eigenvalue weighted by Crippen LogP contribution is -2.55. The van der Waals surface area contributed by atoms with E-state index in [0.29, 0.717) is 6.04 Å². The van der Waals surface area contributed by atoms with Gasteiger partial charge in [-0.15, -0.1) is 0 Å². The molecule has 0 bridgehead atoms. The second-order valence-electron chi connectivity index (χ2n) is 7.59. The van der Waals surface area contributed by atoms with Gasteiger partial charge in [0.1, 0.15) is 5.82 Å². The van der Waals surface area contributed by atoms with Gasteiger partial charge in [0.2, 0.25) is 0 Å². The fourth-order valence-corrected chi connectivity index (χ4v) is 3.53. The summed E-state index contributed by atoms with van der Waals surface area (Å²) in [6.45, 7) is 8.56. The first-order valence-electron chi connectivity index (χ1n) is 9.05. The number of nitrogens with one attached hydrogen (secondary N) is 2. The Bertz CT molecular complexity index is 630. The van der Waals surface area contributed by atoms with Crippen molar-refractivity contribution in [1.29, 1.82) is 0 Å². The van der Waals surface area contributed by atoms with Crippen molar-refractivity contribution in [2.45, 2.75) is 32.7 Å². The Labute approximate surface area is 149 Å². The van der Waals surface area contributed by atoms with Crippen molar-refractivity contribution in [3.8, 4) is 0 Å². The molecule has 0 amide bonds. The summed E-state index contributed by atoms with van der Waals surface area (Å²) in [4.78, 5) is 6.69. The molecule has 0 saturated carbocycles. The standard InChI is InChI=1S/C19H29FN4O/c1-14-9-15(20)6-7-17(14)24-8-4-5-16(10-24)23-18(21-3)22-11-19(2)12-25-13-19/h6-7,9,16H,4-5,8,10-13H2,1-3H3,(H2,21,22,23). The van der Waals surface area contributed by atoms with E-state index in [1.807, 2.05) is 13.0 Å². The topological polar surface area (TPSA) is 48.9 Å². The number of nitrogens with zero attached hydrogens (tertiary/aromatic N) is 2. The molecule has 0 radical (unpaired) electrons. The molecule has 5 nitrogen and oxygen atoms in total. The molecule has 1 atom stereocenters. The van der Waals surface area contributed by atoms with Gasteiger partial charge < -0.3 is 20.3 Å². The number of hydrogen-bond acceptors (Lipinski definition) is 3. The van der Waals surface area contributed by atoms with Crippen LogP contribution in [0.3, 0.4) is 0 Å². The predicted molar refractivity (Wildman–Crippen MR) is 99.8 cm³/mol. The first kappa shape index (κ1) is 18.0. The van der Waals surface area contributed by atoms with Gasteiger partial charge in [-0.05, 0) is 43.5 Å². The van der Waals surface area contributed by atoms with Gasteiger partial charge in [-0.3, -0.25) is 4.99 Å². The number of benzene rings is 1. The van der Waals surface area contributed by atoms with Crippen molar-refractivity contribution in [3.63, 3.8) is 0 Å². The summed E-state index contributed by atoms with van der Waals surface area (Å²) < 4.78 is 18.7. The van der Waals surface area contributed by atoms with E-state index in [1.165, 1.54) is 0 Å². The minimum absolute atomic E-state index is 0.175. The molecule has 2 aliphatic rings. The minimum Gasteiger partial charge on any atom is -0.380 e. The molecule has 2 saturated heterocycles. The number of piperidine rings is 1. The van der Waals surface area contributed by atoms with Gasteiger partial charge in [0, 0.05) is 43.8 Å². The smallest absolute Gasteiger partial charge is 0.191 e. The Balaban J connectivity index is 1.57. The first-order chi connectivity index (χ1) is 12.0. The van der Waals surface area contributed by atoms with E-state index < -0.39 is 0 Å². The molecule has 138 valence electrons. The number of halogens is 1. The number of aliphatic imine (C=N–C) groups is 1. The number of rotatable bonds is 4. The van der Waals surface area contributed by atoms with Gasteiger partial charge in [-0.25, -0.2) is 4.39 Å². The molecule has 1 unspecified atom stereocenters. The highest BCUT2D eigenvalue weighted by atomic mass is 19.1. The van der Waals surface area contributed by atoms with Gasteiger partial charge >= 0.3 is 0 Å². The van der Waals surface area contributed by atoms with E-state index in [9.17, 15) is 4.39 Å². The number of guanidine groups is 1. The summed E-state index contributed by atoms with van der Waals surface area (Å²) >= 11 is 0. The zero-order valence-corrected chi connectivity index (χ0v) is 15.4. The molecule has 25 heavy (non-hydrogen) atoms. The Morgan fingerprint density at radius 2 is 2.24 bits per heavy atom. The second kappa shape index (κ2) is 7.60. The summed E-state index contributed by atoms with van der Waals surface area (Å²) in [5.41, 5.74) is 2.32. The van der Waals surface area contributed by atoms with Crippen molar-refractivity contribution in [3.05, 3.63) is 29.6 Å². The van der Waals surface area contributed by atoms with Crippen molar-refractivity contribution >= 4 is 11.6 Å². The molecule has 2 aliphatic heterocycles. The first-order valence-corrected chi connectivity index (χ1v) is 9.05. The van der Waals surface area contributed by atoms with Crippen LogP contribution in [0.2, 0.25) is 0 Å². The predicted octanol–water partition coefficient (Wildman–Crippen LogP) is 2.30. The number of aryl methyl sites for hydroxylation is 1. The van der Waals surface area contributed by atoms with Crippen LogP contribution in [-0.2, 0) is 4.74 Å². The summed E-state index contributed by atoms with van der Waals surface area (Å²) in [6, 6.07) is 5.36. The van der Waals surface area contributed by atoms with Gasteiger partial charge in [-0.2, -0.15) is 0 Å². The SMILES string of the molecule is CN=C(NCC1(C)COC1)NC1CCCN(c2ccc(F)cc2C)C1. The third-order valence-corrected chi connectivity index (χ3v) is 5.07. The van der Waals surface area contributed by atoms with Crippen molar-refractivity contribution in [2.75, 3.05) is 44.8 Å². The highest BCUT2D eigenvalue weighted by molar-refractivity contribution is 5.80. The van der Waals surface area contributed by atoms with Crippen LogP contribution in [0.4, 0.5) is 10.1 Å². The largest absolute Gasteiger partial charge is 0.380 e. The molecule has 1 aromatic rings. The number of anilines is 1. The van der Waals surface area contributed by atoms with Gasteiger partial charge in [0.25, 0.3) is 0 Å². The minimum atomic E-state index is -0.175. The maximum Gasteiger partial charge on any atom is 0.191 e. The van der Waals surface area contributed by atoms with Crippen LogP contribution in [0.15, 0.2) is 23.2 Å². The number of hydrogen-bond donors (Lipinski definition) is 2. The normalized spacial score (nSPS) is 23.1. The third-order valence-electron chi connectivity index (χ3n) is 5.07. The molecular weight excluding hydrogens is 319 g/mol. The fourth-order valence-electron chi connectivity index (χ4n) is 3.53. The fraction of sp³-hybridized carbons (Fsp3) is 0.632. The molecule has 0 aliphatic carbocycles.